The topological polar surface area (TPSA) is 50.3 Å². The van der Waals surface area contributed by atoms with Gasteiger partial charge in [0.15, 0.2) is 0 Å². The van der Waals surface area contributed by atoms with Gasteiger partial charge >= 0.3 is 0 Å². The van der Waals surface area contributed by atoms with E-state index in [1.807, 2.05) is 6.92 Å². The number of nitrogens with zero attached hydrogens (tertiary/aromatic N) is 3. The molecule has 0 bridgehead atoms. The number of hydrogen-bond acceptors (Lipinski definition) is 5. The van der Waals surface area contributed by atoms with E-state index in [1.165, 1.54) is 0 Å². The average molecular weight is 264 g/mol. The van der Waals surface area contributed by atoms with E-state index in [0.717, 1.165) is 49.3 Å². The molecule has 0 aromatic carbocycles. The van der Waals surface area contributed by atoms with Crippen LogP contribution in [0.15, 0.2) is 0 Å². The van der Waals surface area contributed by atoms with Crippen molar-refractivity contribution in [3.8, 4) is 0 Å². The van der Waals surface area contributed by atoms with Crippen molar-refractivity contribution in [3.63, 3.8) is 0 Å². The highest BCUT2D eigenvalue weighted by Crippen LogP contribution is 2.30. The Hall–Kier alpha value is -1.36. The molecule has 5 nitrogen and oxygen atoms in total. The molecule has 1 fully saturated rings. The van der Waals surface area contributed by atoms with Gasteiger partial charge < -0.3 is 15.0 Å². The Labute approximate surface area is 115 Å². The second-order valence-electron chi connectivity index (χ2n) is 5.62. The van der Waals surface area contributed by atoms with Gasteiger partial charge in [0.2, 0.25) is 0 Å². The SMILES string of the molecule is CCNc1nc(C)nc(N2CCOCC2(C)C)c1C. The lowest BCUT2D eigenvalue weighted by Gasteiger charge is -2.43. The molecule has 5 heteroatoms. The van der Waals surface area contributed by atoms with E-state index in [-0.39, 0.29) is 5.54 Å². The molecule has 0 spiro atoms. The van der Waals surface area contributed by atoms with Crippen LogP contribution in [-0.4, -0.2) is 41.8 Å². The molecule has 1 aromatic rings. The van der Waals surface area contributed by atoms with Gasteiger partial charge in [0.25, 0.3) is 0 Å². The van der Waals surface area contributed by atoms with Gasteiger partial charge in [-0.15, -0.1) is 0 Å². The van der Waals surface area contributed by atoms with Crippen LogP contribution in [0.1, 0.15) is 32.2 Å². The van der Waals surface area contributed by atoms with Gasteiger partial charge in [-0.05, 0) is 34.6 Å². The molecule has 0 atom stereocenters. The van der Waals surface area contributed by atoms with Crippen molar-refractivity contribution in [2.45, 2.75) is 40.2 Å². The third-order valence-corrected chi connectivity index (χ3v) is 3.48. The maximum Gasteiger partial charge on any atom is 0.137 e. The largest absolute Gasteiger partial charge is 0.377 e. The monoisotopic (exact) mass is 264 g/mol. The van der Waals surface area contributed by atoms with Gasteiger partial charge in [-0.25, -0.2) is 9.97 Å². The minimum atomic E-state index is -0.0344. The van der Waals surface area contributed by atoms with Crippen LogP contribution in [0.5, 0.6) is 0 Å². The molecule has 0 unspecified atom stereocenters. The minimum Gasteiger partial charge on any atom is -0.377 e. The number of morpholine rings is 1. The first kappa shape index (κ1) is 14.1. The fourth-order valence-corrected chi connectivity index (χ4v) is 2.47. The maximum absolute atomic E-state index is 5.58. The summed E-state index contributed by atoms with van der Waals surface area (Å²) in [4.78, 5) is 11.5. The Morgan fingerprint density at radius 1 is 1.32 bits per heavy atom. The van der Waals surface area contributed by atoms with Gasteiger partial charge in [-0.3, -0.25) is 0 Å². The van der Waals surface area contributed by atoms with Gasteiger partial charge in [-0.1, -0.05) is 0 Å². The van der Waals surface area contributed by atoms with E-state index in [1.54, 1.807) is 0 Å². The predicted molar refractivity (Wildman–Crippen MR) is 77.9 cm³/mol. The van der Waals surface area contributed by atoms with Crippen molar-refractivity contribution in [1.29, 1.82) is 0 Å². The summed E-state index contributed by atoms with van der Waals surface area (Å²) in [5.41, 5.74) is 1.08. The zero-order valence-electron chi connectivity index (χ0n) is 12.6. The van der Waals surface area contributed by atoms with Crippen LogP contribution in [0.4, 0.5) is 11.6 Å². The summed E-state index contributed by atoms with van der Waals surface area (Å²) in [6.07, 6.45) is 0. The Balaban J connectivity index is 2.43. The van der Waals surface area contributed by atoms with E-state index in [2.05, 4.69) is 47.9 Å². The number of hydrogen-bond donors (Lipinski definition) is 1. The van der Waals surface area contributed by atoms with E-state index < -0.39 is 0 Å². The van der Waals surface area contributed by atoms with E-state index in [9.17, 15) is 0 Å². The zero-order chi connectivity index (χ0) is 14.0. The van der Waals surface area contributed by atoms with Crippen LogP contribution in [-0.2, 0) is 4.74 Å². The molecule has 1 aliphatic heterocycles. The number of nitrogens with one attached hydrogen (secondary N) is 1. The van der Waals surface area contributed by atoms with Crippen molar-refractivity contribution < 1.29 is 4.74 Å². The summed E-state index contributed by atoms with van der Waals surface area (Å²) in [7, 11) is 0. The van der Waals surface area contributed by atoms with E-state index >= 15 is 0 Å². The van der Waals surface area contributed by atoms with Crippen molar-refractivity contribution in [3.05, 3.63) is 11.4 Å². The van der Waals surface area contributed by atoms with Crippen molar-refractivity contribution in [2.75, 3.05) is 36.5 Å². The molecule has 1 aromatic heterocycles. The van der Waals surface area contributed by atoms with Crippen LogP contribution in [0, 0.1) is 13.8 Å². The molecule has 2 heterocycles. The van der Waals surface area contributed by atoms with Crippen molar-refractivity contribution in [2.24, 2.45) is 0 Å². The molecule has 1 saturated heterocycles. The standard InChI is InChI=1S/C14H24N4O/c1-6-15-12-10(2)13(17-11(3)16-12)18-7-8-19-9-14(18,4)5/h6-9H2,1-5H3,(H,15,16,17). The third-order valence-electron chi connectivity index (χ3n) is 3.48. The zero-order valence-corrected chi connectivity index (χ0v) is 12.6. The molecule has 0 amide bonds. The summed E-state index contributed by atoms with van der Waals surface area (Å²) in [6, 6.07) is 0. The summed E-state index contributed by atoms with van der Waals surface area (Å²) < 4.78 is 5.58. The Kier molecular flexibility index (Phi) is 3.94. The number of aryl methyl sites for hydroxylation is 1. The fraction of sp³-hybridized carbons (Fsp3) is 0.714. The molecule has 19 heavy (non-hydrogen) atoms. The summed E-state index contributed by atoms with van der Waals surface area (Å²) >= 11 is 0. The summed E-state index contributed by atoms with van der Waals surface area (Å²) in [6.45, 7) is 13.7. The van der Waals surface area contributed by atoms with Crippen LogP contribution in [0.2, 0.25) is 0 Å². The van der Waals surface area contributed by atoms with Gasteiger partial charge in [0, 0.05) is 18.7 Å². The molecule has 0 aliphatic carbocycles. The van der Waals surface area contributed by atoms with Crippen molar-refractivity contribution in [1.82, 2.24) is 9.97 Å². The molecule has 1 aliphatic rings. The lowest BCUT2D eigenvalue weighted by atomic mass is 10.0. The summed E-state index contributed by atoms with van der Waals surface area (Å²) in [5, 5.41) is 3.31. The first-order valence-corrected chi connectivity index (χ1v) is 6.90. The van der Waals surface area contributed by atoms with E-state index in [4.69, 9.17) is 4.74 Å². The molecule has 1 N–H and O–H groups in total. The van der Waals surface area contributed by atoms with Crippen LogP contribution >= 0.6 is 0 Å². The minimum absolute atomic E-state index is 0.0344. The average Bonchev–Trinajstić information content (AvgIpc) is 2.33. The Bertz CT molecular complexity index is 459. The molecular weight excluding hydrogens is 240 g/mol. The second kappa shape index (κ2) is 5.33. The molecule has 106 valence electrons. The third kappa shape index (κ3) is 2.81. The second-order valence-corrected chi connectivity index (χ2v) is 5.62. The summed E-state index contributed by atoms with van der Waals surface area (Å²) in [5.74, 6) is 2.77. The fourth-order valence-electron chi connectivity index (χ4n) is 2.47. The predicted octanol–water partition coefficient (Wildman–Crippen LogP) is 2.14. The van der Waals surface area contributed by atoms with Crippen LogP contribution in [0.25, 0.3) is 0 Å². The number of rotatable bonds is 3. The molecule has 0 radical (unpaired) electrons. The normalized spacial score (nSPS) is 18.5. The maximum atomic E-state index is 5.58. The van der Waals surface area contributed by atoms with E-state index in [0.29, 0.717) is 0 Å². The van der Waals surface area contributed by atoms with Gasteiger partial charge in [0.1, 0.15) is 17.5 Å². The smallest absolute Gasteiger partial charge is 0.137 e. The molecular formula is C14H24N4O. The number of aromatic nitrogens is 2. The van der Waals surface area contributed by atoms with Crippen molar-refractivity contribution >= 4 is 11.6 Å². The van der Waals surface area contributed by atoms with Crippen LogP contribution in [0.3, 0.4) is 0 Å². The Morgan fingerprint density at radius 3 is 2.68 bits per heavy atom. The Morgan fingerprint density at radius 2 is 2.05 bits per heavy atom. The highest BCUT2D eigenvalue weighted by Gasteiger charge is 2.33. The number of ether oxygens (including phenoxy) is 1. The molecule has 0 saturated carbocycles. The first-order chi connectivity index (χ1) is 8.95. The van der Waals surface area contributed by atoms with Gasteiger partial charge in [0.05, 0.1) is 18.8 Å². The first-order valence-electron chi connectivity index (χ1n) is 6.90. The van der Waals surface area contributed by atoms with Crippen LogP contribution < -0.4 is 10.2 Å². The van der Waals surface area contributed by atoms with Gasteiger partial charge in [-0.2, -0.15) is 0 Å². The highest BCUT2D eigenvalue weighted by molar-refractivity contribution is 5.60. The highest BCUT2D eigenvalue weighted by atomic mass is 16.5. The quantitative estimate of drug-likeness (QED) is 0.906. The lowest BCUT2D eigenvalue weighted by molar-refractivity contribution is 0.0638. The number of anilines is 2. The molecule has 2 rings (SSSR count). The lowest BCUT2D eigenvalue weighted by Crippen LogP contribution is -2.53.